The van der Waals surface area contributed by atoms with Crippen molar-refractivity contribution in [3.05, 3.63) is 15.6 Å². The number of hydrogen-bond acceptors (Lipinski definition) is 3. The van der Waals surface area contributed by atoms with E-state index in [4.69, 9.17) is 10.7 Å². The van der Waals surface area contributed by atoms with Gasteiger partial charge >= 0.3 is 0 Å². The van der Waals surface area contributed by atoms with Crippen LogP contribution in [0, 0.1) is 0 Å². The van der Waals surface area contributed by atoms with Crippen molar-refractivity contribution >= 4 is 11.3 Å². The topological polar surface area (TPSA) is 38.9 Å². The predicted octanol–water partition coefficient (Wildman–Crippen LogP) is 3.39. The van der Waals surface area contributed by atoms with Crippen molar-refractivity contribution in [2.45, 2.75) is 64.3 Å². The Balaban J connectivity index is 2.19. The Morgan fingerprint density at radius 3 is 2.81 bits per heavy atom. The highest BCUT2D eigenvalue weighted by Gasteiger charge is 2.30. The molecule has 1 aliphatic rings. The first kappa shape index (κ1) is 12.1. The van der Waals surface area contributed by atoms with Gasteiger partial charge in [0.05, 0.1) is 11.2 Å². The molecule has 0 saturated heterocycles. The molecule has 3 heteroatoms. The molecule has 0 radical (unpaired) electrons. The highest BCUT2D eigenvalue weighted by molar-refractivity contribution is 7.12. The normalized spacial score (nSPS) is 18.4. The first-order chi connectivity index (χ1) is 7.69. The molecule has 90 valence electrons. The van der Waals surface area contributed by atoms with Crippen LogP contribution >= 0.6 is 11.3 Å². The summed E-state index contributed by atoms with van der Waals surface area (Å²) in [4.78, 5) is 6.28. The largest absolute Gasteiger partial charge is 0.319 e. The van der Waals surface area contributed by atoms with Crippen LogP contribution in [0.1, 0.15) is 61.5 Å². The minimum Gasteiger partial charge on any atom is -0.319 e. The third kappa shape index (κ3) is 2.16. The van der Waals surface area contributed by atoms with Crippen molar-refractivity contribution in [2.75, 3.05) is 0 Å². The molecule has 0 aromatic carbocycles. The summed E-state index contributed by atoms with van der Waals surface area (Å²) in [6.45, 7) is 4.40. The van der Waals surface area contributed by atoms with E-state index in [-0.39, 0.29) is 5.54 Å². The lowest BCUT2D eigenvalue weighted by atomic mass is 9.92. The van der Waals surface area contributed by atoms with Crippen LogP contribution in [0.4, 0.5) is 0 Å². The summed E-state index contributed by atoms with van der Waals surface area (Å²) in [5.41, 5.74) is 7.69. The summed E-state index contributed by atoms with van der Waals surface area (Å²) in [6.07, 6.45) is 8.16. The van der Waals surface area contributed by atoms with Gasteiger partial charge in [0, 0.05) is 4.88 Å². The molecular formula is C13H22N2S. The summed E-state index contributed by atoms with van der Waals surface area (Å²) in [6, 6.07) is 0. The van der Waals surface area contributed by atoms with Crippen molar-refractivity contribution in [3.63, 3.8) is 0 Å². The number of hydrogen-bond donors (Lipinski definition) is 1. The Hall–Kier alpha value is -0.410. The Morgan fingerprint density at radius 1 is 1.38 bits per heavy atom. The van der Waals surface area contributed by atoms with Crippen LogP contribution in [0.15, 0.2) is 0 Å². The molecule has 0 bridgehead atoms. The number of fused-ring (bicyclic) bond motifs is 1. The quantitative estimate of drug-likeness (QED) is 0.854. The molecular weight excluding hydrogens is 216 g/mol. The van der Waals surface area contributed by atoms with Crippen molar-refractivity contribution in [2.24, 2.45) is 5.73 Å². The van der Waals surface area contributed by atoms with Crippen LogP contribution < -0.4 is 5.73 Å². The number of aryl methyl sites for hydroxylation is 2. The summed E-state index contributed by atoms with van der Waals surface area (Å²) < 4.78 is 0. The van der Waals surface area contributed by atoms with Crippen molar-refractivity contribution in [1.82, 2.24) is 4.98 Å². The zero-order chi connectivity index (χ0) is 11.6. The minimum absolute atomic E-state index is 0.162. The minimum atomic E-state index is -0.162. The van der Waals surface area contributed by atoms with E-state index in [0.717, 1.165) is 12.8 Å². The van der Waals surface area contributed by atoms with Crippen LogP contribution in [-0.4, -0.2) is 4.98 Å². The molecule has 1 aromatic rings. The molecule has 16 heavy (non-hydrogen) atoms. The smallest absolute Gasteiger partial charge is 0.113 e. The van der Waals surface area contributed by atoms with E-state index >= 15 is 0 Å². The van der Waals surface area contributed by atoms with E-state index in [1.807, 2.05) is 11.3 Å². The molecule has 0 aliphatic heterocycles. The number of aromatic nitrogens is 1. The summed E-state index contributed by atoms with van der Waals surface area (Å²) in [5, 5.41) is 1.19. The van der Waals surface area contributed by atoms with Crippen LogP contribution in [0.5, 0.6) is 0 Å². The highest BCUT2D eigenvalue weighted by Crippen LogP contribution is 2.36. The van der Waals surface area contributed by atoms with Gasteiger partial charge in [0.2, 0.25) is 0 Å². The molecule has 1 heterocycles. The average molecular weight is 238 g/mol. The number of unbranched alkanes of at least 4 members (excludes halogenated alkanes) is 1. The number of nitrogens with two attached hydrogens (primary N) is 1. The fourth-order valence-electron chi connectivity index (χ4n) is 2.33. The van der Waals surface area contributed by atoms with Gasteiger partial charge in [0.1, 0.15) is 5.01 Å². The molecule has 1 aliphatic carbocycles. The van der Waals surface area contributed by atoms with Gasteiger partial charge in [-0.15, -0.1) is 11.3 Å². The molecule has 0 amide bonds. The van der Waals surface area contributed by atoms with Gasteiger partial charge in [-0.25, -0.2) is 4.98 Å². The second-order valence-corrected chi connectivity index (χ2v) is 5.94. The van der Waals surface area contributed by atoms with Gasteiger partial charge in [-0.05, 0) is 32.1 Å². The summed E-state index contributed by atoms with van der Waals surface area (Å²) in [7, 11) is 0. The van der Waals surface area contributed by atoms with E-state index in [1.165, 1.54) is 47.7 Å². The van der Waals surface area contributed by atoms with Gasteiger partial charge in [0.25, 0.3) is 0 Å². The van der Waals surface area contributed by atoms with Gasteiger partial charge in [-0.2, -0.15) is 0 Å². The second kappa shape index (κ2) is 4.84. The van der Waals surface area contributed by atoms with Crippen LogP contribution in [0.3, 0.4) is 0 Å². The van der Waals surface area contributed by atoms with Gasteiger partial charge in [-0.1, -0.05) is 26.7 Å². The molecule has 1 aromatic heterocycles. The zero-order valence-electron chi connectivity index (χ0n) is 10.4. The van der Waals surface area contributed by atoms with Crippen molar-refractivity contribution in [1.29, 1.82) is 0 Å². The molecule has 0 fully saturated rings. The zero-order valence-corrected chi connectivity index (χ0v) is 11.2. The second-order valence-electron chi connectivity index (χ2n) is 4.86. The summed E-state index contributed by atoms with van der Waals surface area (Å²) >= 11 is 1.87. The number of thiazole rings is 1. The van der Waals surface area contributed by atoms with Gasteiger partial charge < -0.3 is 5.73 Å². The maximum atomic E-state index is 6.51. The lowest BCUT2D eigenvalue weighted by Crippen LogP contribution is -2.35. The monoisotopic (exact) mass is 238 g/mol. The Morgan fingerprint density at radius 2 is 2.19 bits per heavy atom. The van der Waals surface area contributed by atoms with E-state index < -0.39 is 0 Å². The van der Waals surface area contributed by atoms with Crippen LogP contribution in [-0.2, 0) is 18.4 Å². The van der Waals surface area contributed by atoms with Crippen LogP contribution in [0.2, 0.25) is 0 Å². The van der Waals surface area contributed by atoms with Crippen molar-refractivity contribution in [3.8, 4) is 0 Å². The van der Waals surface area contributed by atoms with Gasteiger partial charge in [0.15, 0.2) is 0 Å². The van der Waals surface area contributed by atoms with Crippen molar-refractivity contribution < 1.29 is 0 Å². The van der Waals surface area contributed by atoms with E-state index in [2.05, 4.69) is 13.8 Å². The fourth-order valence-corrected chi connectivity index (χ4v) is 3.68. The SMILES string of the molecule is CCCCC(N)(CC)c1nc2c(s1)CCC2. The first-order valence-corrected chi connectivity index (χ1v) is 7.29. The Kier molecular flexibility index (Phi) is 3.65. The fraction of sp³-hybridized carbons (Fsp3) is 0.769. The lowest BCUT2D eigenvalue weighted by Gasteiger charge is -2.25. The first-order valence-electron chi connectivity index (χ1n) is 6.47. The summed E-state index contributed by atoms with van der Waals surface area (Å²) in [5.74, 6) is 0. The number of rotatable bonds is 5. The highest BCUT2D eigenvalue weighted by atomic mass is 32.1. The Labute approximate surface area is 102 Å². The third-order valence-electron chi connectivity index (χ3n) is 3.63. The van der Waals surface area contributed by atoms with E-state index in [0.29, 0.717) is 0 Å². The molecule has 1 unspecified atom stereocenters. The standard InChI is InChI=1S/C13H22N2S/c1-3-5-9-13(14,4-2)12-15-10-7-6-8-11(10)16-12/h3-9,14H2,1-2H3. The molecule has 0 saturated carbocycles. The molecule has 2 N–H and O–H groups in total. The predicted molar refractivity (Wildman–Crippen MR) is 69.8 cm³/mol. The average Bonchev–Trinajstić information content (AvgIpc) is 2.86. The molecule has 2 nitrogen and oxygen atoms in total. The van der Waals surface area contributed by atoms with E-state index in [1.54, 1.807) is 0 Å². The third-order valence-corrected chi connectivity index (χ3v) is 5.01. The van der Waals surface area contributed by atoms with Crippen LogP contribution in [0.25, 0.3) is 0 Å². The van der Waals surface area contributed by atoms with E-state index in [9.17, 15) is 0 Å². The Bertz CT molecular complexity index is 337. The number of nitrogens with zero attached hydrogens (tertiary/aromatic N) is 1. The molecule has 0 spiro atoms. The molecule has 2 rings (SSSR count). The maximum absolute atomic E-state index is 6.51. The van der Waals surface area contributed by atoms with Gasteiger partial charge in [-0.3, -0.25) is 0 Å². The lowest BCUT2D eigenvalue weighted by molar-refractivity contribution is 0.378. The maximum Gasteiger partial charge on any atom is 0.113 e. The molecule has 1 atom stereocenters.